The number of ether oxygens (including phenoxy) is 2. The van der Waals surface area contributed by atoms with E-state index in [1.165, 1.54) is 38.4 Å². The first-order chi connectivity index (χ1) is 19.2. The standard InChI is InChI=1S/C34H36N2O4/c1-34(2,3)25-12-17-27(18-13-25)40-28-16-11-24-20-31(36-30(29(24)21-28)19-22-7-5-6-8-22)32(37)35-26-14-9-23(10-15-26)33(38)39-4/h9-18,20-22H,5-8,19H2,1-4H3,(H,35,37). The van der Waals surface area contributed by atoms with Gasteiger partial charge in [-0.05, 0) is 83.3 Å². The molecule has 0 atom stereocenters. The molecule has 4 aromatic rings. The van der Waals surface area contributed by atoms with Crippen LogP contribution in [0.25, 0.3) is 10.8 Å². The fraction of sp³-hybridized carbons (Fsp3) is 0.324. The number of hydrogen-bond donors (Lipinski definition) is 1. The van der Waals surface area contributed by atoms with Crippen LogP contribution in [0.1, 0.15) is 78.6 Å². The van der Waals surface area contributed by atoms with Gasteiger partial charge >= 0.3 is 5.97 Å². The van der Waals surface area contributed by atoms with Gasteiger partial charge in [-0.25, -0.2) is 9.78 Å². The van der Waals surface area contributed by atoms with Gasteiger partial charge in [0, 0.05) is 16.8 Å². The predicted octanol–water partition coefficient (Wildman–Crippen LogP) is 8.10. The average Bonchev–Trinajstić information content (AvgIpc) is 3.46. The summed E-state index contributed by atoms with van der Waals surface area (Å²) in [5.74, 6) is 1.38. The van der Waals surface area contributed by atoms with Crippen LogP contribution in [0.3, 0.4) is 0 Å². The number of carbonyl (C=O) groups excluding carboxylic acids is 2. The van der Waals surface area contributed by atoms with Crippen LogP contribution in [0.2, 0.25) is 0 Å². The zero-order chi connectivity index (χ0) is 28.3. The lowest BCUT2D eigenvalue weighted by Crippen LogP contribution is -2.15. The van der Waals surface area contributed by atoms with Crippen LogP contribution in [-0.4, -0.2) is 24.0 Å². The van der Waals surface area contributed by atoms with Crippen molar-refractivity contribution < 1.29 is 19.1 Å². The molecule has 1 amide bonds. The van der Waals surface area contributed by atoms with Crippen molar-refractivity contribution in [3.05, 3.63) is 95.3 Å². The summed E-state index contributed by atoms with van der Waals surface area (Å²) in [7, 11) is 1.34. The first-order valence-corrected chi connectivity index (χ1v) is 13.9. The van der Waals surface area contributed by atoms with E-state index in [2.05, 4.69) is 38.2 Å². The number of fused-ring (bicyclic) bond motifs is 1. The van der Waals surface area contributed by atoms with Gasteiger partial charge in [-0.1, -0.05) is 64.7 Å². The first-order valence-electron chi connectivity index (χ1n) is 13.9. The molecule has 6 heteroatoms. The minimum absolute atomic E-state index is 0.0821. The Morgan fingerprint density at radius 3 is 2.23 bits per heavy atom. The Kier molecular flexibility index (Phi) is 7.88. The fourth-order valence-corrected chi connectivity index (χ4v) is 5.28. The molecule has 1 saturated carbocycles. The summed E-state index contributed by atoms with van der Waals surface area (Å²) in [5, 5.41) is 4.87. The number of aromatic nitrogens is 1. The smallest absolute Gasteiger partial charge is 0.337 e. The molecule has 1 aliphatic carbocycles. The van der Waals surface area contributed by atoms with E-state index in [1.54, 1.807) is 24.3 Å². The fourth-order valence-electron chi connectivity index (χ4n) is 5.28. The predicted molar refractivity (Wildman–Crippen MR) is 158 cm³/mol. The summed E-state index contributed by atoms with van der Waals surface area (Å²) in [6.45, 7) is 6.58. The molecule has 0 spiro atoms. The molecule has 0 aliphatic heterocycles. The van der Waals surface area contributed by atoms with Gasteiger partial charge in [-0.2, -0.15) is 0 Å². The highest BCUT2D eigenvalue weighted by Gasteiger charge is 2.20. The van der Waals surface area contributed by atoms with Crippen LogP contribution in [-0.2, 0) is 16.6 Å². The highest BCUT2D eigenvalue weighted by molar-refractivity contribution is 6.05. The number of hydrogen-bond acceptors (Lipinski definition) is 5. The number of amides is 1. The Hall–Kier alpha value is -4.19. The highest BCUT2D eigenvalue weighted by Crippen LogP contribution is 2.33. The zero-order valence-corrected chi connectivity index (χ0v) is 23.6. The SMILES string of the molecule is COC(=O)c1ccc(NC(=O)c2cc3ccc(Oc4ccc(C(C)(C)C)cc4)cc3c(CC3CCCC3)n2)cc1. The maximum Gasteiger partial charge on any atom is 0.337 e. The Labute approximate surface area is 235 Å². The second-order valence-electron chi connectivity index (χ2n) is 11.6. The van der Waals surface area contributed by atoms with Gasteiger partial charge in [0.25, 0.3) is 5.91 Å². The third-order valence-electron chi connectivity index (χ3n) is 7.59. The molecule has 0 saturated heterocycles. The van der Waals surface area contributed by atoms with E-state index in [9.17, 15) is 9.59 Å². The Balaban J connectivity index is 1.42. The summed E-state index contributed by atoms with van der Waals surface area (Å²) in [4.78, 5) is 29.8. The summed E-state index contributed by atoms with van der Waals surface area (Å²) in [6, 6.07) is 22.6. The largest absolute Gasteiger partial charge is 0.465 e. The molecule has 0 bridgehead atoms. The van der Waals surface area contributed by atoms with Gasteiger partial charge < -0.3 is 14.8 Å². The number of nitrogens with one attached hydrogen (secondary N) is 1. The maximum absolute atomic E-state index is 13.2. The maximum atomic E-state index is 13.2. The molecule has 1 fully saturated rings. The van der Waals surface area contributed by atoms with Crippen LogP contribution in [0.15, 0.2) is 72.8 Å². The summed E-state index contributed by atoms with van der Waals surface area (Å²) in [5.41, 5.74) is 3.63. The van der Waals surface area contributed by atoms with Crippen molar-refractivity contribution >= 4 is 28.3 Å². The molecule has 6 nitrogen and oxygen atoms in total. The summed E-state index contributed by atoms with van der Waals surface area (Å²) < 4.78 is 11.0. The molecule has 1 aromatic heterocycles. The minimum Gasteiger partial charge on any atom is -0.465 e. The Morgan fingerprint density at radius 1 is 0.900 bits per heavy atom. The molecule has 1 heterocycles. The number of nitrogens with zero attached hydrogens (tertiary/aromatic N) is 1. The van der Waals surface area contributed by atoms with Crippen LogP contribution in [0.4, 0.5) is 5.69 Å². The van der Waals surface area contributed by atoms with Crippen molar-refractivity contribution in [2.45, 2.75) is 58.3 Å². The van der Waals surface area contributed by atoms with E-state index in [-0.39, 0.29) is 11.3 Å². The molecule has 5 rings (SSSR count). The first kappa shape index (κ1) is 27.4. The lowest BCUT2D eigenvalue weighted by Gasteiger charge is -2.19. The van der Waals surface area contributed by atoms with Crippen LogP contribution in [0.5, 0.6) is 11.5 Å². The van der Waals surface area contributed by atoms with E-state index >= 15 is 0 Å². The van der Waals surface area contributed by atoms with Crippen molar-refractivity contribution in [1.82, 2.24) is 4.98 Å². The van der Waals surface area contributed by atoms with E-state index in [4.69, 9.17) is 14.5 Å². The number of esters is 1. The van der Waals surface area contributed by atoms with Crippen molar-refractivity contribution in [1.29, 1.82) is 0 Å². The van der Waals surface area contributed by atoms with Gasteiger partial charge in [0.1, 0.15) is 17.2 Å². The number of pyridine rings is 1. The van der Waals surface area contributed by atoms with Gasteiger partial charge in [-0.15, -0.1) is 0 Å². The third-order valence-corrected chi connectivity index (χ3v) is 7.59. The Morgan fingerprint density at radius 2 is 1.57 bits per heavy atom. The molecule has 1 N–H and O–H groups in total. The average molecular weight is 537 g/mol. The topological polar surface area (TPSA) is 77.5 Å². The number of rotatable bonds is 7. The van der Waals surface area contributed by atoms with E-state index < -0.39 is 5.97 Å². The van der Waals surface area contributed by atoms with E-state index in [0.29, 0.717) is 22.9 Å². The van der Waals surface area contributed by atoms with E-state index in [0.717, 1.165) is 34.4 Å². The summed E-state index contributed by atoms with van der Waals surface area (Å²) >= 11 is 0. The molecular formula is C34H36N2O4. The van der Waals surface area contributed by atoms with Gasteiger partial charge in [0.2, 0.25) is 0 Å². The van der Waals surface area contributed by atoms with Crippen molar-refractivity contribution in [2.24, 2.45) is 5.92 Å². The van der Waals surface area contributed by atoms with Crippen molar-refractivity contribution in [3.8, 4) is 11.5 Å². The minimum atomic E-state index is -0.420. The zero-order valence-electron chi connectivity index (χ0n) is 23.6. The normalized spacial score (nSPS) is 13.8. The molecule has 0 radical (unpaired) electrons. The van der Waals surface area contributed by atoms with Crippen LogP contribution < -0.4 is 10.1 Å². The second kappa shape index (κ2) is 11.5. The van der Waals surface area contributed by atoms with Crippen LogP contribution >= 0.6 is 0 Å². The molecule has 206 valence electrons. The van der Waals surface area contributed by atoms with Gasteiger partial charge in [0.05, 0.1) is 12.7 Å². The molecule has 0 unspecified atom stereocenters. The lowest BCUT2D eigenvalue weighted by atomic mass is 9.87. The van der Waals surface area contributed by atoms with Crippen molar-refractivity contribution in [3.63, 3.8) is 0 Å². The van der Waals surface area contributed by atoms with Gasteiger partial charge in [-0.3, -0.25) is 4.79 Å². The molecular weight excluding hydrogens is 500 g/mol. The number of benzene rings is 3. The quantitative estimate of drug-likeness (QED) is 0.242. The third kappa shape index (κ3) is 6.33. The molecule has 40 heavy (non-hydrogen) atoms. The Bertz CT molecular complexity index is 1510. The van der Waals surface area contributed by atoms with Crippen LogP contribution in [0, 0.1) is 5.92 Å². The summed E-state index contributed by atoms with van der Waals surface area (Å²) in [6.07, 6.45) is 5.67. The van der Waals surface area contributed by atoms with Crippen molar-refractivity contribution in [2.75, 3.05) is 12.4 Å². The second-order valence-corrected chi connectivity index (χ2v) is 11.6. The monoisotopic (exact) mass is 536 g/mol. The van der Waals surface area contributed by atoms with E-state index in [1.807, 2.05) is 36.4 Å². The number of anilines is 1. The number of carbonyl (C=O) groups is 2. The highest BCUT2D eigenvalue weighted by atomic mass is 16.5. The molecule has 1 aliphatic rings. The number of methoxy groups -OCH3 is 1. The molecule has 3 aromatic carbocycles. The van der Waals surface area contributed by atoms with Gasteiger partial charge in [0.15, 0.2) is 0 Å². The lowest BCUT2D eigenvalue weighted by molar-refractivity contribution is 0.0600.